The molecule has 7 heteroatoms. The van der Waals surface area contributed by atoms with Crippen LogP contribution in [0.1, 0.15) is 0 Å². The molecule has 1 aromatic heterocycles. The van der Waals surface area contributed by atoms with E-state index in [9.17, 15) is 14.8 Å². The molecule has 0 unspecified atom stereocenters. The van der Waals surface area contributed by atoms with Gasteiger partial charge in [0.2, 0.25) is 0 Å². The molecule has 0 fully saturated rings. The second-order valence-electron chi connectivity index (χ2n) is 2.69. The minimum absolute atomic E-state index is 0.0857. The van der Waals surface area contributed by atoms with Crippen molar-refractivity contribution in [3.8, 4) is 0 Å². The summed E-state index contributed by atoms with van der Waals surface area (Å²) in [5.41, 5.74) is -0.765. The fraction of sp³-hybridized carbons (Fsp3) is 0. The molecule has 0 saturated heterocycles. The van der Waals surface area contributed by atoms with E-state index in [4.69, 9.17) is 10.2 Å². The molecular weight excluding hydrogens is 216 g/mol. The summed E-state index contributed by atoms with van der Waals surface area (Å²) >= 11 is 0. The molecule has 16 heavy (non-hydrogen) atoms. The number of hydrogen-bond donors (Lipinski definition) is 3. The van der Waals surface area contributed by atoms with Gasteiger partial charge in [-0.15, -0.1) is 0 Å². The lowest BCUT2D eigenvalue weighted by Gasteiger charge is -1.97. The van der Waals surface area contributed by atoms with E-state index in [1.807, 2.05) is 0 Å². The van der Waals surface area contributed by atoms with Crippen LogP contribution >= 0.6 is 0 Å². The van der Waals surface area contributed by atoms with E-state index < -0.39 is 17.6 Å². The molecule has 0 atom stereocenters. The van der Waals surface area contributed by atoms with Crippen molar-refractivity contribution in [3.05, 3.63) is 41.7 Å². The number of carboxylic acids is 2. The number of nitrogens with zero attached hydrogens (tertiary/aromatic N) is 2. The van der Waals surface area contributed by atoms with Gasteiger partial charge < -0.3 is 15.4 Å². The lowest BCUT2D eigenvalue weighted by Crippen LogP contribution is -2.18. The summed E-state index contributed by atoms with van der Waals surface area (Å²) in [7, 11) is 0. The van der Waals surface area contributed by atoms with Gasteiger partial charge in [-0.1, -0.05) is 6.07 Å². The summed E-state index contributed by atoms with van der Waals surface area (Å²) in [4.78, 5) is 24.4. The third-order valence-electron chi connectivity index (χ3n) is 1.53. The Kier molecular flexibility index (Phi) is 3.44. The summed E-state index contributed by atoms with van der Waals surface area (Å²) in [5.74, 6) is -2.92. The molecular formula is C9H8N2O5. The highest BCUT2D eigenvalue weighted by molar-refractivity contribution is 5.94. The molecule has 0 amide bonds. The van der Waals surface area contributed by atoms with E-state index in [1.54, 1.807) is 0 Å². The molecule has 0 saturated carbocycles. The molecule has 1 rings (SSSR count). The molecule has 0 aliphatic heterocycles. The number of pyridine rings is 1. The zero-order valence-corrected chi connectivity index (χ0v) is 7.94. The van der Waals surface area contributed by atoms with Gasteiger partial charge in [-0.3, -0.25) is 0 Å². The zero-order chi connectivity index (χ0) is 12.1. The van der Waals surface area contributed by atoms with E-state index in [1.165, 1.54) is 24.4 Å². The molecule has 0 aliphatic carbocycles. The van der Waals surface area contributed by atoms with Crippen molar-refractivity contribution in [1.82, 2.24) is 4.73 Å². The van der Waals surface area contributed by atoms with Crippen LogP contribution in [0.2, 0.25) is 0 Å². The minimum atomic E-state index is -1.49. The third-order valence-corrected chi connectivity index (χ3v) is 1.53. The molecule has 0 aliphatic rings. The first kappa shape index (κ1) is 11.5. The Morgan fingerprint density at radius 1 is 1.31 bits per heavy atom. The van der Waals surface area contributed by atoms with Gasteiger partial charge in [0.1, 0.15) is 0 Å². The van der Waals surface area contributed by atoms with E-state index in [0.29, 0.717) is 10.8 Å². The zero-order valence-electron chi connectivity index (χ0n) is 7.94. The fourth-order valence-electron chi connectivity index (χ4n) is 0.896. The van der Waals surface area contributed by atoms with Crippen LogP contribution in [0.3, 0.4) is 0 Å². The van der Waals surface area contributed by atoms with Crippen molar-refractivity contribution in [2.75, 3.05) is 0 Å². The van der Waals surface area contributed by atoms with Crippen molar-refractivity contribution in [2.45, 2.75) is 0 Å². The molecule has 7 nitrogen and oxygen atoms in total. The molecule has 0 radical (unpaired) electrons. The first-order chi connectivity index (χ1) is 7.50. The smallest absolute Gasteiger partial charge is 0.354 e. The Labute approximate surface area is 89.2 Å². The van der Waals surface area contributed by atoms with E-state index >= 15 is 0 Å². The fourth-order valence-corrected chi connectivity index (χ4v) is 0.896. The minimum Gasteiger partial charge on any atom is -0.478 e. The van der Waals surface area contributed by atoms with E-state index in [0.717, 1.165) is 0 Å². The van der Waals surface area contributed by atoms with Crippen LogP contribution in [0.15, 0.2) is 41.2 Å². The first-order valence-electron chi connectivity index (χ1n) is 4.10. The van der Waals surface area contributed by atoms with Crippen LogP contribution in [-0.2, 0) is 9.59 Å². The number of aliphatic carboxylic acids is 2. The van der Waals surface area contributed by atoms with Gasteiger partial charge in [0.05, 0.1) is 6.08 Å². The number of carboxylic acid groups (broad SMARTS) is 2. The van der Waals surface area contributed by atoms with Gasteiger partial charge in [0, 0.05) is 6.20 Å². The Morgan fingerprint density at radius 3 is 2.50 bits per heavy atom. The van der Waals surface area contributed by atoms with Crippen molar-refractivity contribution in [3.63, 3.8) is 0 Å². The highest BCUT2D eigenvalue weighted by Gasteiger charge is 2.07. The number of aromatic nitrogens is 1. The summed E-state index contributed by atoms with van der Waals surface area (Å²) in [6, 6.07) is 4.35. The van der Waals surface area contributed by atoms with Crippen molar-refractivity contribution in [1.29, 1.82) is 0 Å². The predicted molar refractivity (Wildman–Crippen MR) is 50.5 cm³/mol. The molecule has 0 bridgehead atoms. The maximum atomic E-state index is 10.6. The van der Waals surface area contributed by atoms with Gasteiger partial charge in [-0.2, -0.15) is 4.73 Å². The second kappa shape index (κ2) is 4.78. The normalized spacial score (nSPS) is 12.5. The lowest BCUT2D eigenvalue weighted by atomic mass is 10.4. The topological polar surface area (TPSA) is 112 Å². The molecule has 84 valence electrons. The Hall–Kier alpha value is -2.57. The lowest BCUT2D eigenvalue weighted by molar-refractivity contribution is -0.135. The van der Waals surface area contributed by atoms with Crippen molar-refractivity contribution in [2.24, 2.45) is 4.99 Å². The number of rotatable bonds is 3. The van der Waals surface area contributed by atoms with Gasteiger partial charge in [0.15, 0.2) is 11.2 Å². The SMILES string of the molecule is O=C(O)/C=C(\N=c1ccccn1O)C(=O)O. The molecule has 0 aromatic carbocycles. The Bertz CT molecular complexity index is 515. The van der Waals surface area contributed by atoms with Crippen LogP contribution in [0.4, 0.5) is 0 Å². The van der Waals surface area contributed by atoms with Crippen LogP contribution in [0.5, 0.6) is 0 Å². The number of hydrogen-bond acceptors (Lipinski definition) is 4. The summed E-state index contributed by atoms with van der Waals surface area (Å²) in [5, 5.41) is 26.3. The maximum absolute atomic E-state index is 10.6. The van der Waals surface area contributed by atoms with Crippen LogP contribution in [0.25, 0.3) is 0 Å². The largest absolute Gasteiger partial charge is 0.478 e. The predicted octanol–water partition coefficient (Wildman–Crippen LogP) is -0.321. The maximum Gasteiger partial charge on any atom is 0.354 e. The van der Waals surface area contributed by atoms with Gasteiger partial charge in [-0.05, 0) is 12.1 Å². The molecule has 0 spiro atoms. The van der Waals surface area contributed by atoms with Crippen LogP contribution < -0.4 is 5.49 Å². The van der Waals surface area contributed by atoms with Crippen LogP contribution in [0, 0.1) is 0 Å². The highest BCUT2D eigenvalue weighted by Crippen LogP contribution is 1.95. The quantitative estimate of drug-likeness (QED) is 0.481. The summed E-state index contributed by atoms with van der Waals surface area (Å²) in [6.07, 6.45) is 1.68. The van der Waals surface area contributed by atoms with E-state index in [-0.39, 0.29) is 5.49 Å². The van der Waals surface area contributed by atoms with E-state index in [2.05, 4.69) is 4.99 Å². The monoisotopic (exact) mass is 224 g/mol. The summed E-state index contributed by atoms with van der Waals surface area (Å²) < 4.78 is 0.582. The summed E-state index contributed by atoms with van der Waals surface area (Å²) in [6.45, 7) is 0. The Balaban J connectivity index is 3.29. The standard InChI is InChI=1S/C9H8N2O5/c12-8(13)5-6(9(14)15)10-7-3-1-2-4-11(7)16/h1-5,16H,(H,12,13)(H,14,15)/b6-5-,10-7?. The van der Waals surface area contributed by atoms with Crippen molar-refractivity contribution < 1.29 is 25.0 Å². The molecule has 1 aromatic rings. The average Bonchev–Trinajstić information content (AvgIpc) is 2.19. The van der Waals surface area contributed by atoms with Gasteiger partial charge in [-0.25, -0.2) is 14.6 Å². The molecule has 3 N–H and O–H groups in total. The van der Waals surface area contributed by atoms with Crippen molar-refractivity contribution >= 4 is 11.9 Å². The molecule has 1 heterocycles. The van der Waals surface area contributed by atoms with Gasteiger partial charge in [0.25, 0.3) is 0 Å². The first-order valence-corrected chi connectivity index (χ1v) is 4.10. The third kappa shape index (κ3) is 2.98. The second-order valence-corrected chi connectivity index (χ2v) is 2.69. The average molecular weight is 224 g/mol. The van der Waals surface area contributed by atoms with Gasteiger partial charge >= 0.3 is 11.9 Å². The van der Waals surface area contributed by atoms with Crippen LogP contribution in [-0.4, -0.2) is 32.1 Å². The highest BCUT2D eigenvalue weighted by atomic mass is 16.5. The Morgan fingerprint density at radius 2 is 2.00 bits per heavy atom. The number of carbonyl (C=O) groups is 2.